The second kappa shape index (κ2) is 7.74. The van der Waals surface area contributed by atoms with E-state index in [-0.39, 0.29) is 5.38 Å². The minimum atomic E-state index is -0.392. The second-order valence-electron chi connectivity index (χ2n) is 5.80. The Balaban J connectivity index is 1.70. The summed E-state index contributed by atoms with van der Waals surface area (Å²) in [5, 5.41) is 2.93. The van der Waals surface area contributed by atoms with Gasteiger partial charge in [0.15, 0.2) is 0 Å². The largest absolute Gasteiger partial charge is 0.368 e. The average molecular weight is 356 g/mol. The monoisotopic (exact) mass is 355 g/mol. The molecule has 0 radical (unpaired) electrons. The summed E-state index contributed by atoms with van der Waals surface area (Å²) in [5.41, 5.74) is 5.14. The number of hydrogen-bond acceptors (Lipinski definition) is 1. The summed E-state index contributed by atoms with van der Waals surface area (Å²) in [6.45, 7) is 2.06. The van der Waals surface area contributed by atoms with Crippen LogP contribution in [0.2, 0.25) is 0 Å². The van der Waals surface area contributed by atoms with E-state index in [1.165, 1.54) is 16.7 Å². The van der Waals surface area contributed by atoms with Gasteiger partial charge in [-0.1, -0.05) is 83.9 Å². The van der Waals surface area contributed by atoms with E-state index >= 15 is 0 Å². The van der Waals surface area contributed by atoms with Crippen LogP contribution in [0, 0.1) is 6.92 Å². The lowest BCUT2D eigenvalue weighted by molar-refractivity contribution is 0.906. The Hall–Kier alpha value is -1.96. The minimum absolute atomic E-state index is 0.321. The van der Waals surface area contributed by atoms with Crippen LogP contribution in [0.15, 0.2) is 78.9 Å². The van der Waals surface area contributed by atoms with Crippen molar-refractivity contribution >= 4 is 28.9 Å². The summed E-state index contributed by atoms with van der Waals surface area (Å²) < 4.78 is 0. The normalized spacial score (nSPS) is 13.3. The summed E-state index contributed by atoms with van der Waals surface area (Å²) in [6, 6.07) is 26.6. The van der Waals surface area contributed by atoms with Gasteiger partial charge in [-0.3, -0.25) is 0 Å². The van der Waals surface area contributed by atoms with Gasteiger partial charge in [0.05, 0.1) is 5.38 Å². The third-order valence-corrected chi connectivity index (χ3v) is 4.94. The molecule has 0 heterocycles. The molecular weight excluding hydrogens is 337 g/mol. The summed E-state index contributed by atoms with van der Waals surface area (Å²) >= 11 is 13.0. The van der Waals surface area contributed by atoms with Gasteiger partial charge in [-0.2, -0.15) is 0 Å². The smallest absolute Gasteiger partial charge is 0.122 e. The molecule has 3 rings (SSSR count). The van der Waals surface area contributed by atoms with Crippen molar-refractivity contribution in [2.75, 3.05) is 5.32 Å². The third kappa shape index (κ3) is 4.11. The molecule has 0 unspecified atom stereocenters. The maximum absolute atomic E-state index is 6.54. The highest BCUT2D eigenvalue weighted by molar-refractivity contribution is 6.30. The molecule has 0 aromatic heterocycles. The first-order chi connectivity index (χ1) is 11.6. The molecule has 1 N–H and O–H groups in total. The van der Waals surface area contributed by atoms with E-state index in [0.29, 0.717) is 0 Å². The van der Waals surface area contributed by atoms with Gasteiger partial charge >= 0.3 is 0 Å². The molecule has 0 bridgehead atoms. The fourth-order valence-corrected chi connectivity index (χ4v) is 3.02. The average Bonchev–Trinajstić information content (AvgIpc) is 2.64. The van der Waals surface area contributed by atoms with Crippen molar-refractivity contribution in [2.45, 2.75) is 17.8 Å². The molecule has 0 spiro atoms. The van der Waals surface area contributed by atoms with E-state index in [1.807, 2.05) is 54.6 Å². The predicted octanol–water partition coefficient (Wildman–Crippen LogP) is 6.62. The van der Waals surface area contributed by atoms with Gasteiger partial charge in [0.25, 0.3) is 0 Å². The SMILES string of the molecule is Cc1ccc(N[C@H](Cl)[C@H](Cl)c2ccc(-c3ccccc3)cc2)cc1. The van der Waals surface area contributed by atoms with Gasteiger partial charge in [0.1, 0.15) is 5.50 Å². The van der Waals surface area contributed by atoms with Gasteiger partial charge < -0.3 is 5.32 Å². The molecule has 1 nitrogen and oxygen atoms in total. The number of alkyl halides is 2. The first-order valence-electron chi connectivity index (χ1n) is 7.90. The van der Waals surface area contributed by atoms with E-state index in [4.69, 9.17) is 23.2 Å². The fraction of sp³-hybridized carbons (Fsp3) is 0.143. The Morgan fingerprint density at radius 1 is 0.708 bits per heavy atom. The van der Waals surface area contributed by atoms with Gasteiger partial charge in [-0.25, -0.2) is 0 Å². The molecule has 122 valence electrons. The van der Waals surface area contributed by atoms with Crippen molar-refractivity contribution in [3.05, 3.63) is 90.0 Å². The lowest BCUT2D eigenvalue weighted by Gasteiger charge is -2.19. The molecule has 2 atom stereocenters. The highest BCUT2D eigenvalue weighted by Gasteiger charge is 2.18. The molecule has 0 amide bonds. The topological polar surface area (TPSA) is 12.0 Å². The quantitative estimate of drug-likeness (QED) is 0.400. The van der Waals surface area contributed by atoms with Crippen molar-refractivity contribution in [3.63, 3.8) is 0 Å². The van der Waals surface area contributed by atoms with Crippen LogP contribution in [0.1, 0.15) is 16.5 Å². The van der Waals surface area contributed by atoms with Crippen LogP contribution in [-0.2, 0) is 0 Å². The van der Waals surface area contributed by atoms with E-state index in [0.717, 1.165) is 11.3 Å². The third-order valence-electron chi connectivity index (χ3n) is 3.95. The summed E-state index contributed by atoms with van der Waals surface area (Å²) in [6.07, 6.45) is 0. The van der Waals surface area contributed by atoms with Crippen molar-refractivity contribution in [3.8, 4) is 11.1 Å². The van der Waals surface area contributed by atoms with Gasteiger partial charge in [0.2, 0.25) is 0 Å². The molecule has 0 saturated carbocycles. The Kier molecular flexibility index (Phi) is 5.44. The van der Waals surface area contributed by atoms with Crippen LogP contribution in [0.25, 0.3) is 11.1 Å². The summed E-state index contributed by atoms with van der Waals surface area (Å²) in [5.74, 6) is 0. The Labute approximate surface area is 153 Å². The predicted molar refractivity (Wildman–Crippen MR) is 105 cm³/mol. The van der Waals surface area contributed by atoms with Gasteiger partial charge in [-0.15, -0.1) is 11.6 Å². The van der Waals surface area contributed by atoms with Crippen molar-refractivity contribution in [2.24, 2.45) is 0 Å². The van der Waals surface area contributed by atoms with Crippen LogP contribution in [-0.4, -0.2) is 5.50 Å². The molecule has 0 saturated heterocycles. The first-order valence-corrected chi connectivity index (χ1v) is 8.77. The molecule has 24 heavy (non-hydrogen) atoms. The standard InChI is InChI=1S/C21H19Cl2N/c1-15-7-13-19(14-8-15)24-21(23)20(22)18-11-9-17(10-12-18)16-5-3-2-4-6-16/h2-14,20-21,24H,1H3/t20-,21+/m1/s1. The van der Waals surface area contributed by atoms with E-state index < -0.39 is 5.50 Å². The van der Waals surface area contributed by atoms with Gasteiger partial charge in [0, 0.05) is 5.69 Å². The summed E-state index contributed by atoms with van der Waals surface area (Å²) in [4.78, 5) is 0. The van der Waals surface area contributed by atoms with Crippen LogP contribution in [0.5, 0.6) is 0 Å². The van der Waals surface area contributed by atoms with Crippen LogP contribution >= 0.6 is 23.2 Å². The molecule has 0 aliphatic rings. The highest BCUT2D eigenvalue weighted by atomic mass is 35.5. The molecule has 0 aliphatic carbocycles. The number of nitrogens with one attached hydrogen (secondary N) is 1. The number of halogens is 2. The Morgan fingerprint density at radius 2 is 1.29 bits per heavy atom. The molecular formula is C21H19Cl2N. The van der Waals surface area contributed by atoms with E-state index in [9.17, 15) is 0 Å². The van der Waals surface area contributed by atoms with Crippen LogP contribution < -0.4 is 5.32 Å². The van der Waals surface area contributed by atoms with Crippen molar-refractivity contribution in [1.82, 2.24) is 0 Å². The second-order valence-corrected chi connectivity index (χ2v) is 6.74. The Morgan fingerprint density at radius 3 is 1.92 bits per heavy atom. The minimum Gasteiger partial charge on any atom is -0.368 e. The number of anilines is 1. The van der Waals surface area contributed by atoms with E-state index in [2.05, 4.69) is 36.5 Å². The van der Waals surface area contributed by atoms with Crippen LogP contribution in [0.4, 0.5) is 5.69 Å². The number of benzene rings is 3. The Bertz CT molecular complexity index is 767. The molecule has 3 aromatic carbocycles. The first kappa shape index (κ1) is 16.9. The number of hydrogen-bond donors (Lipinski definition) is 1. The number of rotatable bonds is 5. The van der Waals surface area contributed by atoms with Gasteiger partial charge in [-0.05, 0) is 35.7 Å². The van der Waals surface area contributed by atoms with Crippen molar-refractivity contribution < 1.29 is 0 Å². The molecule has 0 fully saturated rings. The van der Waals surface area contributed by atoms with Crippen molar-refractivity contribution in [1.29, 1.82) is 0 Å². The molecule has 3 aromatic rings. The maximum Gasteiger partial charge on any atom is 0.122 e. The molecule has 0 aliphatic heterocycles. The number of aryl methyl sites for hydroxylation is 1. The highest BCUT2D eigenvalue weighted by Crippen LogP contribution is 2.30. The van der Waals surface area contributed by atoms with Crippen LogP contribution in [0.3, 0.4) is 0 Å². The lowest BCUT2D eigenvalue weighted by atomic mass is 10.0. The lowest BCUT2D eigenvalue weighted by Crippen LogP contribution is -2.18. The maximum atomic E-state index is 6.54. The zero-order chi connectivity index (χ0) is 16.9. The zero-order valence-corrected chi connectivity index (χ0v) is 14.9. The van der Waals surface area contributed by atoms with E-state index in [1.54, 1.807) is 0 Å². The molecule has 3 heteroatoms. The fourth-order valence-electron chi connectivity index (χ4n) is 2.54. The zero-order valence-electron chi connectivity index (χ0n) is 13.4. The summed E-state index contributed by atoms with van der Waals surface area (Å²) in [7, 11) is 0.